The monoisotopic (exact) mass is 376 g/mol. The lowest BCUT2D eigenvalue weighted by Gasteiger charge is -2.31. The molecule has 4 rings (SSSR count). The van der Waals surface area contributed by atoms with Crippen molar-refractivity contribution in [3.63, 3.8) is 0 Å². The number of pyridine rings is 1. The van der Waals surface area contributed by atoms with Gasteiger partial charge in [0.1, 0.15) is 5.76 Å². The molecule has 1 amide bonds. The number of piperidine rings is 1. The summed E-state index contributed by atoms with van der Waals surface area (Å²) in [5.74, 6) is 1.50. The fourth-order valence-electron chi connectivity index (χ4n) is 3.78. The lowest BCUT2D eigenvalue weighted by atomic mass is 9.90. The Kier molecular flexibility index (Phi) is 5.42. The minimum atomic E-state index is -0.0905. The quantitative estimate of drug-likeness (QED) is 0.684. The van der Waals surface area contributed by atoms with Gasteiger partial charge in [-0.2, -0.15) is 0 Å². The van der Waals surface area contributed by atoms with Crippen LogP contribution in [0.2, 0.25) is 0 Å². The normalized spacial score (nSPS) is 14.9. The molecule has 1 aliphatic rings. The Morgan fingerprint density at radius 1 is 0.964 bits per heavy atom. The molecule has 0 radical (unpaired) electrons. The molecule has 0 N–H and O–H groups in total. The van der Waals surface area contributed by atoms with Crippen molar-refractivity contribution in [1.29, 1.82) is 0 Å². The SMILES string of the molecule is O=C(c1ccc(Cn2ccccc2=O)o1)N1CCC(Cc2ccccc2)CC1. The molecule has 0 saturated carbocycles. The first kappa shape index (κ1) is 18.3. The maximum Gasteiger partial charge on any atom is 0.289 e. The third-order valence-corrected chi connectivity index (χ3v) is 5.37. The number of likely N-dealkylation sites (tertiary alicyclic amines) is 1. The summed E-state index contributed by atoms with van der Waals surface area (Å²) in [7, 11) is 0. The molecule has 2 aromatic heterocycles. The number of carbonyl (C=O) groups is 1. The van der Waals surface area contributed by atoms with Crippen LogP contribution in [-0.2, 0) is 13.0 Å². The lowest BCUT2D eigenvalue weighted by molar-refractivity contribution is 0.0656. The van der Waals surface area contributed by atoms with Gasteiger partial charge in [-0.05, 0) is 48.9 Å². The zero-order chi connectivity index (χ0) is 19.3. The molecule has 0 unspecified atom stereocenters. The molecule has 3 heterocycles. The van der Waals surface area contributed by atoms with Crippen LogP contribution in [0.5, 0.6) is 0 Å². The average molecular weight is 376 g/mol. The molecule has 0 aliphatic carbocycles. The van der Waals surface area contributed by atoms with Gasteiger partial charge in [-0.25, -0.2) is 0 Å². The second-order valence-corrected chi connectivity index (χ2v) is 7.36. The molecule has 1 aliphatic heterocycles. The van der Waals surface area contributed by atoms with Crippen LogP contribution in [0.25, 0.3) is 0 Å². The van der Waals surface area contributed by atoms with Crippen LogP contribution in [0.3, 0.4) is 0 Å². The first-order chi connectivity index (χ1) is 13.7. The number of aromatic nitrogens is 1. The topological polar surface area (TPSA) is 55.5 Å². The van der Waals surface area contributed by atoms with Gasteiger partial charge in [0.15, 0.2) is 5.76 Å². The van der Waals surface area contributed by atoms with E-state index in [0.717, 1.165) is 32.4 Å². The largest absolute Gasteiger partial charge is 0.454 e. The van der Waals surface area contributed by atoms with Crippen LogP contribution in [-0.4, -0.2) is 28.5 Å². The summed E-state index contributed by atoms with van der Waals surface area (Å²) in [4.78, 5) is 26.5. The van der Waals surface area contributed by atoms with Crippen molar-refractivity contribution in [2.75, 3.05) is 13.1 Å². The predicted molar refractivity (Wildman–Crippen MR) is 107 cm³/mol. The highest BCUT2D eigenvalue weighted by Gasteiger charge is 2.25. The van der Waals surface area contributed by atoms with Crippen LogP contribution in [0.1, 0.15) is 34.7 Å². The molecule has 0 atom stereocenters. The number of hydrogen-bond donors (Lipinski definition) is 0. The van der Waals surface area contributed by atoms with E-state index in [1.165, 1.54) is 11.6 Å². The zero-order valence-corrected chi connectivity index (χ0v) is 15.8. The number of carbonyl (C=O) groups excluding carboxylic acids is 1. The van der Waals surface area contributed by atoms with Gasteiger partial charge in [0, 0.05) is 25.4 Å². The van der Waals surface area contributed by atoms with Crippen LogP contribution in [0, 0.1) is 5.92 Å². The van der Waals surface area contributed by atoms with E-state index >= 15 is 0 Å². The van der Waals surface area contributed by atoms with Gasteiger partial charge in [0.25, 0.3) is 11.5 Å². The summed E-state index contributed by atoms with van der Waals surface area (Å²) in [5.41, 5.74) is 1.27. The first-order valence-electron chi connectivity index (χ1n) is 9.76. The summed E-state index contributed by atoms with van der Waals surface area (Å²) < 4.78 is 7.29. The molecule has 5 heteroatoms. The Hall–Kier alpha value is -3.08. The van der Waals surface area contributed by atoms with Crippen LogP contribution in [0.4, 0.5) is 0 Å². The lowest BCUT2D eigenvalue weighted by Crippen LogP contribution is -2.38. The van der Waals surface area contributed by atoms with Gasteiger partial charge >= 0.3 is 0 Å². The molecular formula is C23H24N2O3. The molecule has 1 aromatic carbocycles. The number of rotatable bonds is 5. The number of hydrogen-bond acceptors (Lipinski definition) is 3. The van der Waals surface area contributed by atoms with E-state index in [-0.39, 0.29) is 11.5 Å². The zero-order valence-electron chi connectivity index (χ0n) is 15.8. The smallest absolute Gasteiger partial charge is 0.289 e. The molecule has 3 aromatic rings. The van der Waals surface area contributed by atoms with E-state index in [1.807, 2.05) is 11.0 Å². The summed E-state index contributed by atoms with van der Waals surface area (Å²) in [5, 5.41) is 0. The molecule has 0 bridgehead atoms. The van der Waals surface area contributed by atoms with E-state index in [4.69, 9.17) is 4.42 Å². The van der Waals surface area contributed by atoms with Gasteiger partial charge in [-0.3, -0.25) is 9.59 Å². The standard InChI is InChI=1S/C23H24N2O3/c26-22-8-4-5-13-25(22)17-20-9-10-21(28-20)23(27)24-14-11-19(12-15-24)16-18-6-2-1-3-7-18/h1-10,13,19H,11-12,14-17H2. The van der Waals surface area contributed by atoms with Gasteiger partial charge in [-0.1, -0.05) is 36.4 Å². The highest BCUT2D eigenvalue weighted by Crippen LogP contribution is 2.23. The second-order valence-electron chi connectivity index (χ2n) is 7.36. The van der Waals surface area contributed by atoms with Gasteiger partial charge in [0.2, 0.25) is 0 Å². The fraction of sp³-hybridized carbons (Fsp3) is 0.304. The van der Waals surface area contributed by atoms with Crippen LogP contribution < -0.4 is 5.56 Å². The van der Waals surface area contributed by atoms with Crippen molar-refractivity contribution in [3.05, 3.63) is 94.3 Å². The summed E-state index contributed by atoms with van der Waals surface area (Å²) in [6.07, 6.45) is 4.80. The van der Waals surface area contributed by atoms with Crippen LogP contribution >= 0.6 is 0 Å². The predicted octanol–water partition coefficient (Wildman–Crippen LogP) is 3.58. The Labute approximate surface area is 164 Å². The van der Waals surface area contributed by atoms with Crippen molar-refractivity contribution in [2.24, 2.45) is 5.92 Å². The fourth-order valence-corrected chi connectivity index (χ4v) is 3.78. The third kappa shape index (κ3) is 4.25. The molecular weight excluding hydrogens is 352 g/mol. The third-order valence-electron chi connectivity index (χ3n) is 5.37. The Bertz CT molecular complexity index is 982. The number of nitrogens with zero attached hydrogens (tertiary/aromatic N) is 2. The molecule has 1 saturated heterocycles. The maximum atomic E-state index is 12.8. The Morgan fingerprint density at radius 2 is 1.71 bits per heavy atom. The molecule has 0 spiro atoms. The van der Waals surface area contributed by atoms with Gasteiger partial charge in [-0.15, -0.1) is 0 Å². The van der Waals surface area contributed by atoms with Crippen LogP contribution in [0.15, 0.2) is 76.1 Å². The molecule has 5 nitrogen and oxygen atoms in total. The highest BCUT2D eigenvalue weighted by molar-refractivity contribution is 5.91. The minimum Gasteiger partial charge on any atom is -0.454 e. The first-order valence-corrected chi connectivity index (χ1v) is 9.76. The second kappa shape index (κ2) is 8.30. The number of amides is 1. The summed E-state index contributed by atoms with van der Waals surface area (Å²) >= 11 is 0. The van der Waals surface area contributed by atoms with Crippen molar-refractivity contribution >= 4 is 5.91 Å². The number of furan rings is 1. The highest BCUT2D eigenvalue weighted by atomic mass is 16.4. The summed E-state index contributed by atoms with van der Waals surface area (Å²) in [6.45, 7) is 1.83. The minimum absolute atomic E-state index is 0.0650. The molecule has 144 valence electrons. The Morgan fingerprint density at radius 3 is 2.46 bits per heavy atom. The van der Waals surface area contributed by atoms with Crippen molar-refractivity contribution in [1.82, 2.24) is 9.47 Å². The average Bonchev–Trinajstić information content (AvgIpc) is 3.19. The molecule has 1 fully saturated rings. The van der Waals surface area contributed by atoms with Gasteiger partial charge < -0.3 is 13.9 Å². The van der Waals surface area contributed by atoms with E-state index < -0.39 is 0 Å². The summed E-state index contributed by atoms with van der Waals surface area (Å²) in [6, 6.07) is 19.0. The van der Waals surface area contributed by atoms with Crippen molar-refractivity contribution < 1.29 is 9.21 Å². The number of benzene rings is 1. The van der Waals surface area contributed by atoms with Crippen molar-refractivity contribution in [3.8, 4) is 0 Å². The maximum absolute atomic E-state index is 12.8. The molecule has 28 heavy (non-hydrogen) atoms. The Balaban J connectivity index is 1.34. The van der Waals surface area contributed by atoms with E-state index in [0.29, 0.717) is 24.0 Å². The van der Waals surface area contributed by atoms with E-state index in [1.54, 1.807) is 35.0 Å². The van der Waals surface area contributed by atoms with E-state index in [2.05, 4.69) is 24.3 Å². The van der Waals surface area contributed by atoms with Gasteiger partial charge in [0.05, 0.1) is 6.54 Å². The van der Waals surface area contributed by atoms with E-state index in [9.17, 15) is 9.59 Å². The van der Waals surface area contributed by atoms with Crippen molar-refractivity contribution in [2.45, 2.75) is 25.8 Å².